The number of nitrogens with zero attached hydrogens (tertiary/aromatic N) is 1. The third kappa shape index (κ3) is 0.932. The summed E-state index contributed by atoms with van der Waals surface area (Å²) in [5, 5.41) is 6.39. The maximum atomic E-state index is 4.77. The maximum absolute atomic E-state index is 4.77. The summed E-state index contributed by atoms with van der Waals surface area (Å²) in [5.41, 5.74) is 0. The van der Waals surface area contributed by atoms with Gasteiger partial charge in [0, 0.05) is 17.2 Å². The zero-order chi connectivity index (χ0) is 5.82. The van der Waals surface area contributed by atoms with Crippen molar-refractivity contribution in [3.05, 3.63) is 18.3 Å². The van der Waals surface area contributed by atoms with Gasteiger partial charge in [0.1, 0.15) is 0 Å². The van der Waals surface area contributed by atoms with Gasteiger partial charge in [0.25, 0.3) is 5.88 Å². The molecule has 0 spiro atoms. The molecule has 3 heteroatoms. The summed E-state index contributed by atoms with van der Waals surface area (Å²) in [6.07, 6.45) is 1.72. The molecule has 0 saturated heterocycles. The van der Waals surface area contributed by atoms with Crippen molar-refractivity contribution in [2.24, 2.45) is 0 Å². The number of hydrogen-bond donors (Lipinski definition) is 0. The van der Waals surface area contributed by atoms with Crippen molar-refractivity contribution in [2.45, 2.75) is 0 Å². The summed E-state index contributed by atoms with van der Waals surface area (Å²) < 4.78 is 4.77. The van der Waals surface area contributed by atoms with E-state index in [1.165, 1.54) is 0 Å². The van der Waals surface area contributed by atoms with Gasteiger partial charge in [-0.25, -0.2) is 0 Å². The molecule has 1 N–H and O–H groups in total. The molecule has 0 atom stereocenters. The lowest BCUT2D eigenvalue weighted by atomic mass is 10.6. The fourth-order valence-electron chi connectivity index (χ4n) is 0.425. The van der Waals surface area contributed by atoms with E-state index in [4.69, 9.17) is 4.74 Å². The molecule has 1 aromatic heterocycles. The van der Waals surface area contributed by atoms with E-state index >= 15 is 0 Å². The van der Waals surface area contributed by atoms with E-state index in [-0.39, 0.29) is 0 Å². The van der Waals surface area contributed by atoms with Gasteiger partial charge in [-0.05, 0) is 0 Å². The van der Waals surface area contributed by atoms with Crippen molar-refractivity contribution in [3.8, 4) is 5.88 Å². The van der Waals surface area contributed by atoms with Gasteiger partial charge in [0.15, 0.2) is 6.20 Å². The van der Waals surface area contributed by atoms with Crippen LogP contribution in [-0.4, -0.2) is 12.2 Å². The third-order valence-electron chi connectivity index (χ3n) is 0.793. The first kappa shape index (κ1) is 5.03. The molecule has 0 bridgehead atoms. The summed E-state index contributed by atoms with van der Waals surface area (Å²) in [4.78, 5) is 0. The van der Waals surface area contributed by atoms with Gasteiger partial charge < -0.3 is 4.74 Å². The van der Waals surface area contributed by atoms with Gasteiger partial charge in [0.05, 0.1) is 7.11 Å². The van der Waals surface area contributed by atoms with E-state index in [0.717, 1.165) is 0 Å². The molecule has 0 aliphatic heterocycles. The van der Waals surface area contributed by atoms with Crippen LogP contribution in [0.25, 0.3) is 0 Å². The minimum atomic E-state index is 0.604. The SMILES string of the molecule is COc1ccc[nH+]n1. The van der Waals surface area contributed by atoms with E-state index in [9.17, 15) is 0 Å². The Morgan fingerprint density at radius 3 is 3.00 bits per heavy atom. The normalized spacial score (nSPS) is 8.62. The van der Waals surface area contributed by atoms with Crippen LogP contribution >= 0.6 is 0 Å². The smallest absolute Gasteiger partial charge is 0.278 e. The Bertz CT molecular complexity index is 152. The maximum Gasteiger partial charge on any atom is 0.278 e. The topological polar surface area (TPSA) is 36.3 Å². The van der Waals surface area contributed by atoms with E-state index in [0.29, 0.717) is 5.88 Å². The monoisotopic (exact) mass is 111 g/mol. The highest BCUT2D eigenvalue weighted by Gasteiger charge is 1.89. The van der Waals surface area contributed by atoms with Crippen molar-refractivity contribution in [1.82, 2.24) is 5.10 Å². The van der Waals surface area contributed by atoms with Crippen LogP contribution in [0.15, 0.2) is 18.3 Å². The Kier molecular flexibility index (Phi) is 1.42. The van der Waals surface area contributed by atoms with Crippen LogP contribution in [0.4, 0.5) is 0 Å². The molecule has 0 radical (unpaired) electrons. The molecule has 1 heterocycles. The van der Waals surface area contributed by atoms with E-state index in [2.05, 4.69) is 10.2 Å². The van der Waals surface area contributed by atoms with Crippen molar-refractivity contribution >= 4 is 0 Å². The molecule has 1 rings (SSSR count). The second kappa shape index (κ2) is 2.26. The Hall–Kier alpha value is -1.12. The molecule has 0 fully saturated rings. The van der Waals surface area contributed by atoms with Gasteiger partial charge in [-0.15, -0.1) is 5.10 Å². The standard InChI is InChI=1S/C5H6N2O/c1-8-5-3-2-4-6-7-5/h2-4H,1H3/p+1. The van der Waals surface area contributed by atoms with Crippen LogP contribution in [0.5, 0.6) is 5.88 Å². The van der Waals surface area contributed by atoms with Gasteiger partial charge in [-0.2, -0.15) is 0 Å². The number of hydrogen-bond acceptors (Lipinski definition) is 2. The Balaban J connectivity index is 2.83. The molecule has 0 amide bonds. The summed E-state index contributed by atoms with van der Waals surface area (Å²) in [6.45, 7) is 0. The summed E-state index contributed by atoms with van der Waals surface area (Å²) in [7, 11) is 1.58. The van der Waals surface area contributed by atoms with Gasteiger partial charge >= 0.3 is 0 Å². The quantitative estimate of drug-likeness (QED) is 0.507. The molecule has 0 aliphatic carbocycles. The molecule has 1 aromatic rings. The first-order chi connectivity index (χ1) is 3.93. The predicted octanol–water partition coefficient (Wildman–Crippen LogP) is -0.0957. The average molecular weight is 111 g/mol. The van der Waals surface area contributed by atoms with E-state index in [1.54, 1.807) is 19.4 Å². The lowest BCUT2D eigenvalue weighted by Crippen LogP contribution is -2.06. The van der Waals surface area contributed by atoms with Crippen molar-refractivity contribution in [3.63, 3.8) is 0 Å². The Labute approximate surface area is 47.3 Å². The summed E-state index contributed by atoms with van der Waals surface area (Å²) >= 11 is 0. The molecule has 0 aromatic carbocycles. The highest BCUT2D eigenvalue weighted by atomic mass is 16.5. The third-order valence-corrected chi connectivity index (χ3v) is 0.793. The van der Waals surface area contributed by atoms with Gasteiger partial charge in [-0.3, -0.25) is 0 Å². The lowest BCUT2D eigenvalue weighted by Gasteiger charge is -1.87. The Morgan fingerprint density at radius 1 is 1.75 bits per heavy atom. The van der Waals surface area contributed by atoms with Crippen LogP contribution in [0.2, 0.25) is 0 Å². The number of nitrogens with one attached hydrogen (secondary N) is 1. The van der Waals surface area contributed by atoms with Crippen LogP contribution in [0.3, 0.4) is 0 Å². The van der Waals surface area contributed by atoms with Gasteiger partial charge in [0.2, 0.25) is 0 Å². The molecule has 0 saturated carbocycles. The average Bonchev–Trinajstić information content (AvgIpc) is 1.90. The first-order valence-corrected chi connectivity index (χ1v) is 2.30. The zero-order valence-electron chi connectivity index (χ0n) is 4.59. The molecular formula is C5H7N2O+. The minimum absolute atomic E-state index is 0.604. The number of H-pyrrole nitrogens is 1. The minimum Gasteiger partial charge on any atom is -0.477 e. The highest BCUT2D eigenvalue weighted by molar-refractivity contribution is 5.02. The van der Waals surface area contributed by atoms with Crippen molar-refractivity contribution in [2.75, 3.05) is 7.11 Å². The molecule has 8 heavy (non-hydrogen) atoms. The molecular weight excluding hydrogens is 104 g/mol. The fraction of sp³-hybridized carbons (Fsp3) is 0.200. The first-order valence-electron chi connectivity index (χ1n) is 2.30. The van der Waals surface area contributed by atoms with Crippen molar-refractivity contribution < 1.29 is 9.84 Å². The van der Waals surface area contributed by atoms with Crippen LogP contribution in [0.1, 0.15) is 0 Å². The van der Waals surface area contributed by atoms with E-state index in [1.807, 2.05) is 6.07 Å². The lowest BCUT2D eigenvalue weighted by molar-refractivity contribution is -0.456. The second-order valence-corrected chi connectivity index (χ2v) is 1.31. The number of aromatic nitrogens is 2. The summed E-state index contributed by atoms with van der Waals surface area (Å²) in [5.74, 6) is 0.604. The number of methoxy groups -OCH3 is 1. The summed E-state index contributed by atoms with van der Waals surface area (Å²) in [6, 6.07) is 3.60. The molecule has 3 nitrogen and oxygen atoms in total. The zero-order valence-corrected chi connectivity index (χ0v) is 4.59. The number of rotatable bonds is 1. The molecule has 0 aliphatic rings. The van der Waals surface area contributed by atoms with Crippen LogP contribution < -0.4 is 9.84 Å². The number of ether oxygens (including phenoxy) is 1. The molecule has 42 valence electrons. The fourth-order valence-corrected chi connectivity index (χ4v) is 0.425. The predicted molar refractivity (Wildman–Crippen MR) is 27.3 cm³/mol. The second-order valence-electron chi connectivity index (χ2n) is 1.31. The van der Waals surface area contributed by atoms with Crippen LogP contribution in [-0.2, 0) is 0 Å². The number of aromatic amines is 1. The molecule has 0 unspecified atom stereocenters. The largest absolute Gasteiger partial charge is 0.477 e. The van der Waals surface area contributed by atoms with Gasteiger partial charge in [-0.1, -0.05) is 0 Å². The van der Waals surface area contributed by atoms with E-state index < -0.39 is 0 Å². The Morgan fingerprint density at radius 2 is 2.62 bits per heavy atom. The highest BCUT2D eigenvalue weighted by Crippen LogP contribution is 1.95. The van der Waals surface area contributed by atoms with Crippen LogP contribution in [0, 0.1) is 0 Å². The van der Waals surface area contributed by atoms with Crippen molar-refractivity contribution in [1.29, 1.82) is 0 Å².